The zero-order valence-electron chi connectivity index (χ0n) is 17.6. The van der Waals surface area contributed by atoms with Crippen LogP contribution in [0, 0.1) is 0 Å². The van der Waals surface area contributed by atoms with Crippen molar-refractivity contribution in [2.24, 2.45) is 0 Å². The molecule has 0 spiro atoms. The van der Waals surface area contributed by atoms with Crippen molar-refractivity contribution in [3.05, 3.63) is 0 Å². The largest absolute Gasteiger partial charge is 0.117 e. The second kappa shape index (κ2) is 12.6. The van der Waals surface area contributed by atoms with Crippen LogP contribution in [0.3, 0.4) is 0 Å². The first-order valence-corrected chi connectivity index (χ1v) is 12.6. The Morgan fingerprint density at radius 3 is 0.808 bits per heavy atom. The van der Waals surface area contributed by atoms with Gasteiger partial charge in [-0.1, -0.05) is 152 Å². The highest BCUT2D eigenvalue weighted by Gasteiger charge is 2.24. The highest BCUT2D eigenvalue weighted by atomic mass is 14.2. The molecule has 2 heteroatoms. The Morgan fingerprint density at radius 1 is 0.269 bits per heavy atom. The second-order valence-corrected chi connectivity index (χ2v) is 9.98. The van der Waals surface area contributed by atoms with Crippen LogP contribution >= 0.6 is 0 Å². The van der Waals surface area contributed by atoms with Crippen molar-refractivity contribution in [3.8, 4) is 0 Å². The molecule has 0 heterocycles. The van der Waals surface area contributed by atoms with E-state index in [1.807, 2.05) is 0 Å². The van der Waals surface area contributed by atoms with Gasteiger partial charge in [-0.15, -0.1) is 0 Å². The van der Waals surface area contributed by atoms with Crippen molar-refractivity contribution in [3.63, 3.8) is 0 Å². The topological polar surface area (TPSA) is 0 Å². The van der Waals surface area contributed by atoms with E-state index in [4.69, 9.17) is 0 Å². The van der Waals surface area contributed by atoms with Crippen LogP contribution in [0.1, 0.15) is 128 Å². The van der Waals surface area contributed by atoms with E-state index in [2.05, 4.69) is 14.6 Å². The fraction of sp³-hybridized carbons (Fsp3) is 1.00. The van der Waals surface area contributed by atoms with Crippen LogP contribution in [-0.2, 0) is 0 Å². The SMILES string of the molecule is [B](C1CCCCCCC1)C1CCCC([B]C2CCCCCCC2)CCC1. The summed E-state index contributed by atoms with van der Waals surface area (Å²) < 4.78 is 0. The highest BCUT2D eigenvalue weighted by molar-refractivity contribution is 6.40. The van der Waals surface area contributed by atoms with Crippen LogP contribution in [0.4, 0.5) is 0 Å². The summed E-state index contributed by atoms with van der Waals surface area (Å²) in [5.41, 5.74) is 0. The Bertz CT molecular complexity index is 298. The maximum absolute atomic E-state index is 2.84. The molecule has 3 fully saturated rings. The lowest BCUT2D eigenvalue weighted by molar-refractivity contribution is 0.467. The molecule has 3 aliphatic carbocycles. The highest BCUT2D eigenvalue weighted by Crippen LogP contribution is 2.38. The molecule has 0 atom stereocenters. The third kappa shape index (κ3) is 8.02. The average molecular weight is 354 g/mol. The third-order valence-corrected chi connectivity index (χ3v) is 7.69. The van der Waals surface area contributed by atoms with Gasteiger partial charge in [0.05, 0.1) is 0 Å². The van der Waals surface area contributed by atoms with E-state index in [1.54, 1.807) is 0 Å². The lowest BCUT2D eigenvalue weighted by atomic mass is 9.47. The van der Waals surface area contributed by atoms with Gasteiger partial charge in [-0.2, -0.15) is 0 Å². The predicted molar refractivity (Wildman–Crippen MR) is 119 cm³/mol. The van der Waals surface area contributed by atoms with Gasteiger partial charge in [-0.25, -0.2) is 0 Å². The summed E-state index contributed by atoms with van der Waals surface area (Å²) in [6, 6.07) is 0. The van der Waals surface area contributed by atoms with Crippen molar-refractivity contribution >= 4 is 14.6 Å². The third-order valence-electron chi connectivity index (χ3n) is 7.69. The van der Waals surface area contributed by atoms with Gasteiger partial charge in [0, 0.05) is 0 Å². The van der Waals surface area contributed by atoms with E-state index in [0.717, 1.165) is 23.3 Å². The van der Waals surface area contributed by atoms with Crippen LogP contribution in [0.5, 0.6) is 0 Å². The normalized spacial score (nSPS) is 31.5. The van der Waals surface area contributed by atoms with Crippen molar-refractivity contribution in [1.82, 2.24) is 0 Å². The van der Waals surface area contributed by atoms with Gasteiger partial charge in [-0.05, 0) is 0 Å². The van der Waals surface area contributed by atoms with Gasteiger partial charge in [0.1, 0.15) is 14.6 Å². The van der Waals surface area contributed by atoms with Gasteiger partial charge in [0.15, 0.2) is 0 Å². The minimum atomic E-state index is 0.946. The van der Waals surface area contributed by atoms with E-state index in [-0.39, 0.29) is 0 Å². The molecule has 0 N–H and O–H groups in total. The molecule has 0 aliphatic heterocycles. The van der Waals surface area contributed by atoms with Crippen molar-refractivity contribution in [1.29, 1.82) is 0 Å². The summed E-state index contributed by atoms with van der Waals surface area (Å²) in [5.74, 6) is 3.80. The second-order valence-electron chi connectivity index (χ2n) is 9.98. The molecule has 3 saturated carbocycles. The molecular formula is C24H44B2. The molecule has 146 valence electrons. The molecule has 0 saturated heterocycles. The molecule has 0 bridgehead atoms. The van der Waals surface area contributed by atoms with E-state index in [0.29, 0.717) is 0 Å². The molecule has 0 nitrogen and oxygen atoms in total. The number of hydrogen-bond donors (Lipinski definition) is 0. The van der Waals surface area contributed by atoms with Crippen molar-refractivity contribution < 1.29 is 0 Å². The molecule has 26 heavy (non-hydrogen) atoms. The monoisotopic (exact) mass is 354 g/mol. The van der Waals surface area contributed by atoms with Crippen LogP contribution in [0.2, 0.25) is 23.3 Å². The summed E-state index contributed by atoms with van der Waals surface area (Å²) in [6.45, 7) is 0. The zero-order chi connectivity index (χ0) is 17.9. The van der Waals surface area contributed by atoms with Gasteiger partial charge in [0.25, 0.3) is 0 Å². The summed E-state index contributed by atoms with van der Waals surface area (Å²) in [7, 11) is 5.67. The van der Waals surface area contributed by atoms with Crippen LogP contribution in [-0.4, -0.2) is 14.6 Å². The smallest absolute Gasteiger partial charge is 0.0686 e. The summed E-state index contributed by atoms with van der Waals surface area (Å²) in [4.78, 5) is 0. The quantitative estimate of drug-likeness (QED) is 0.445. The van der Waals surface area contributed by atoms with Crippen molar-refractivity contribution in [2.75, 3.05) is 0 Å². The van der Waals surface area contributed by atoms with Crippen LogP contribution in [0.25, 0.3) is 0 Å². The summed E-state index contributed by atoms with van der Waals surface area (Å²) >= 11 is 0. The Balaban J connectivity index is 1.36. The minimum Gasteiger partial charge on any atom is -0.0686 e. The minimum absolute atomic E-state index is 0.946. The Morgan fingerprint density at radius 2 is 0.500 bits per heavy atom. The van der Waals surface area contributed by atoms with Gasteiger partial charge >= 0.3 is 0 Å². The lowest BCUT2D eigenvalue weighted by Crippen LogP contribution is -2.18. The number of rotatable bonds is 4. The lowest BCUT2D eigenvalue weighted by Gasteiger charge is -2.29. The predicted octanol–water partition coefficient (Wildman–Crippen LogP) is 8.39. The van der Waals surface area contributed by atoms with Crippen molar-refractivity contribution in [2.45, 2.75) is 152 Å². The Kier molecular flexibility index (Phi) is 10.1. The fourth-order valence-corrected chi connectivity index (χ4v) is 6.09. The first kappa shape index (κ1) is 20.9. The van der Waals surface area contributed by atoms with Crippen LogP contribution < -0.4 is 0 Å². The summed E-state index contributed by atoms with van der Waals surface area (Å²) in [5, 5.41) is 0. The van der Waals surface area contributed by atoms with Crippen LogP contribution in [0.15, 0.2) is 0 Å². The fourth-order valence-electron chi connectivity index (χ4n) is 6.09. The molecule has 0 aromatic heterocycles. The van der Waals surface area contributed by atoms with E-state index < -0.39 is 0 Å². The molecule has 0 amide bonds. The van der Waals surface area contributed by atoms with Gasteiger partial charge < -0.3 is 0 Å². The van der Waals surface area contributed by atoms with E-state index >= 15 is 0 Å². The maximum Gasteiger partial charge on any atom is 0.117 e. The van der Waals surface area contributed by atoms with E-state index in [9.17, 15) is 0 Å². The molecule has 3 rings (SSSR count). The van der Waals surface area contributed by atoms with Gasteiger partial charge in [0.2, 0.25) is 0 Å². The molecule has 0 aromatic carbocycles. The first-order chi connectivity index (χ1) is 12.9. The molecular weight excluding hydrogens is 310 g/mol. The molecule has 3 aliphatic rings. The first-order valence-electron chi connectivity index (χ1n) is 12.6. The standard InChI is InChI=1S/C24H44B2/c1-3-7-13-21(14-8-4-1)25-23-17-11-19-24(20-12-18-23)26-22-15-9-5-2-6-10-16-22/h21-24H,1-20H2. The summed E-state index contributed by atoms with van der Waals surface area (Å²) in [6.07, 6.45) is 29.9. The molecule has 0 aromatic rings. The Labute approximate surface area is 166 Å². The molecule has 2 radical (unpaired) electrons. The number of hydrogen-bond acceptors (Lipinski definition) is 0. The zero-order valence-corrected chi connectivity index (χ0v) is 17.6. The van der Waals surface area contributed by atoms with Gasteiger partial charge in [-0.3, -0.25) is 0 Å². The maximum atomic E-state index is 2.84. The Hall–Kier alpha value is 0.130. The van der Waals surface area contributed by atoms with E-state index in [1.165, 1.54) is 128 Å². The molecule has 0 unspecified atom stereocenters. The average Bonchev–Trinajstić information content (AvgIpc) is 2.56.